The van der Waals surface area contributed by atoms with Gasteiger partial charge in [0.25, 0.3) is 0 Å². The lowest BCUT2D eigenvalue weighted by Gasteiger charge is -2.30. The Balaban J connectivity index is 1.69. The summed E-state index contributed by atoms with van der Waals surface area (Å²) in [7, 11) is 1.63. The van der Waals surface area contributed by atoms with Crippen LogP contribution in [0.3, 0.4) is 0 Å². The van der Waals surface area contributed by atoms with Crippen molar-refractivity contribution in [2.75, 3.05) is 13.7 Å². The third kappa shape index (κ3) is 3.87. The van der Waals surface area contributed by atoms with E-state index in [1.54, 1.807) is 19.2 Å². The van der Waals surface area contributed by atoms with Crippen LogP contribution in [0.15, 0.2) is 42.5 Å². The van der Waals surface area contributed by atoms with E-state index in [2.05, 4.69) is 0 Å². The Morgan fingerprint density at radius 3 is 2.73 bits per heavy atom. The van der Waals surface area contributed by atoms with Gasteiger partial charge in [0.15, 0.2) is 0 Å². The molecule has 3 rings (SSSR count). The number of carbonyl (C=O) groups excluding carboxylic acids is 1. The maximum atomic E-state index is 12.7. The van der Waals surface area contributed by atoms with Crippen molar-refractivity contribution in [1.29, 1.82) is 0 Å². The average Bonchev–Trinajstić information content (AvgIpc) is 2.66. The minimum absolute atomic E-state index is 0.0874. The van der Waals surface area contributed by atoms with Gasteiger partial charge in [-0.3, -0.25) is 4.79 Å². The molecule has 1 aliphatic rings. The lowest BCUT2D eigenvalue weighted by atomic mass is 9.94. The van der Waals surface area contributed by atoms with Crippen LogP contribution >= 0.6 is 0 Å². The van der Waals surface area contributed by atoms with Gasteiger partial charge in [-0.1, -0.05) is 25.1 Å². The quantitative estimate of drug-likeness (QED) is 0.894. The molecule has 1 N–H and O–H groups in total. The second-order valence-electron chi connectivity index (χ2n) is 6.74. The zero-order valence-electron chi connectivity index (χ0n) is 15.1. The Morgan fingerprint density at radius 2 is 2.00 bits per heavy atom. The normalized spacial score (nSPS) is 14.5. The molecule has 0 fully saturated rings. The summed E-state index contributed by atoms with van der Waals surface area (Å²) >= 11 is 0. The SMILES string of the molecule is COc1cccc(C(C)CC(=O)N2CCc3ccc(C(=O)O)cc3C2)c1. The highest BCUT2D eigenvalue weighted by molar-refractivity contribution is 5.88. The Kier molecular flexibility index (Phi) is 5.26. The molecule has 0 aliphatic carbocycles. The first kappa shape index (κ1) is 18.0. The first-order chi connectivity index (χ1) is 12.5. The fourth-order valence-electron chi connectivity index (χ4n) is 3.36. The summed E-state index contributed by atoms with van der Waals surface area (Å²) in [5.41, 5.74) is 3.39. The highest BCUT2D eigenvalue weighted by Crippen LogP contribution is 2.26. The molecule has 1 amide bonds. The van der Waals surface area contributed by atoms with Crippen LogP contribution in [0.25, 0.3) is 0 Å². The third-order valence-electron chi connectivity index (χ3n) is 4.96. The zero-order valence-corrected chi connectivity index (χ0v) is 15.1. The van der Waals surface area contributed by atoms with Gasteiger partial charge in [-0.2, -0.15) is 0 Å². The molecule has 0 aromatic heterocycles. The lowest BCUT2D eigenvalue weighted by Crippen LogP contribution is -2.36. The van der Waals surface area contributed by atoms with Crippen molar-refractivity contribution in [3.8, 4) is 5.75 Å². The van der Waals surface area contributed by atoms with Crippen molar-refractivity contribution in [3.05, 3.63) is 64.7 Å². The number of ether oxygens (including phenoxy) is 1. The molecule has 5 nitrogen and oxygen atoms in total. The van der Waals surface area contributed by atoms with Crippen LogP contribution in [-0.2, 0) is 17.8 Å². The Morgan fingerprint density at radius 1 is 1.19 bits per heavy atom. The van der Waals surface area contributed by atoms with Gasteiger partial charge >= 0.3 is 5.97 Å². The van der Waals surface area contributed by atoms with Crippen LogP contribution in [0.5, 0.6) is 5.75 Å². The number of methoxy groups -OCH3 is 1. The highest BCUT2D eigenvalue weighted by Gasteiger charge is 2.23. The number of carboxylic acid groups (broad SMARTS) is 1. The van der Waals surface area contributed by atoms with Gasteiger partial charge in [0, 0.05) is 19.5 Å². The molecule has 0 spiro atoms. The van der Waals surface area contributed by atoms with Crippen molar-refractivity contribution in [1.82, 2.24) is 4.90 Å². The summed E-state index contributed by atoms with van der Waals surface area (Å²) in [4.78, 5) is 25.7. The van der Waals surface area contributed by atoms with Crippen molar-refractivity contribution in [2.45, 2.75) is 32.2 Å². The topological polar surface area (TPSA) is 66.8 Å². The van der Waals surface area contributed by atoms with Crippen LogP contribution in [0.2, 0.25) is 0 Å². The fourth-order valence-corrected chi connectivity index (χ4v) is 3.36. The predicted molar refractivity (Wildman–Crippen MR) is 98.5 cm³/mol. The molecule has 2 aromatic rings. The van der Waals surface area contributed by atoms with Crippen LogP contribution < -0.4 is 4.74 Å². The molecule has 2 aromatic carbocycles. The summed E-state index contributed by atoms with van der Waals surface area (Å²) < 4.78 is 5.25. The smallest absolute Gasteiger partial charge is 0.335 e. The first-order valence-corrected chi connectivity index (χ1v) is 8.74. The number of benzene rings is 2. The van der Waals surface area contributed by atoms with Crippen molar-refractivity contribution in [3.63, 3.8) is 0 Å². The number of nitrogens with zero attached hydrogens (tertiary/aromatic N) is 1. The van der Waals surface area contributed by atoms with Crippen LogP contribution in [0, 0.1) is 0 Å². The number of carbonyl (C=O) groups is 2. The summed E-state index contributed by atoms with van der Waals surface area (Å²) in [5.74, 6) is 0.0221. The van der Waals surface area contributed by atoms with Crippen LogP contribution in [0.1, 0.15) is 46.3 Å². The molecule has 1 unspecified atom stereocenters. The van der Waals surface area contributed by atoms with E-state index < -0.39 is 5.97 Å². The van der Waals surface area contributed by atoms with Gasteiger partial charge in [-0.15, -0.1) is 0 Å². The zero-order chi connectivity index (χ0) is 18.7. The van der Waals surface area contributed by atoms with E-state index in [1.807, 2.05) is 42.2 Å². The number of rotatable bonds is 5. The third-order valence-corrected chi connectivity index (χ3v) is 4.96. The minimum Gasteiger partial charge on any atom is -0.497 e. The molecule has 0 bridgehead atoms. The summed E-state index contributed by atoms with van der Waals surface area (Å²) in [5, 5.41) is 9.16. The largest absolute Gasteiger partial charge is 0.497 e. The van der Waals surface area contributed by atoms with Gasteiger partial charge in [-0.25, -0.2) is 4.79 Å². The number of hydrogen-bond donors (Lipinski definition) is 1. The maximum Gasteiger partial charge on any atom is 0.335 e. The lowest BCUT2D eigenvalue weighted by molar-refractivity contribution is -0.132. The van der Waals surface area contributed by atoms with Crippen molar-refractivity contribution < 1.29 is 19.4 Å². The number of aromatic carboxylic acids is 1. The molecule has 5 heteroatoms. The fraction of sp³-hybridized carbons (Fsp3) is 0.333. The Labute approximate surface area is 153 Å². The van der Waals surface area contributed by atoms with Gasteiger partial charge in [0.1, 0.15) is 5.75 Å². The Bertz CT molecular complexity index is 831. The number of carboxylic acids is 1. The molecule has 0 saturated heterocycles. The van der Waals surface area contributed by atoms with Gasteiger partial charge in [0.05, 0.1) is 12.7 Å². The van der Waals surface area contributed by atoms with Crippen molar-refractivity contribution in [2.24, 2.45) is 0 Å². The van der Waals surface area contributed by atoms with E-state index in [0.717, 1.165) is 28.9 Å². The molecule has 26 heavy (non-hydrogen) atoms. The van der Waals surface area contributed by atoms with Gasteiger partial charge < -0.3 is 14.7 Å². The minimum atomic E-state index is -0.942. The molecule has 0 radical (unpaired) electrons. The molecule has 1 atom stereocenters. The van der Waals surface area contributed by atoms with Gasteiger partial charge in [0.2, 0.25) is 5.91 Å². The highest BCUT2D eigenvalue weighted by atomic mass is 16.5. The molecule has 0 saturated carbocycles. The molecule has 136 valence electrons. The molecule has 1 aliphatic heterocycles. The second kappa shape index (κ2) is 7.60. The summed E-state index contributed by atoms with van der Waals surface area (Å²) in [6, 6.07) is 13.0. The summed E-state index contributed by atoms with van der Waals surface area (Å²) in [6.45, 7) is 3.18. The number of amides is 1. The summed E-state index contributed by atoms with van der Waals surface area (Å²) in [6.07, 6.45) is 1.18. The van der Waals surface area contributed by atoms with E-state index in [1.165, 1.54) is 0 Å². The predicted octanol–water partition coefficient (Wildman–Crippen LogP) is 3.47. The first-order valence-electron chi connectivity index (χ1n) is 8.74. The van der Waals surface area contributed by atoms with Crippen LogP contribution in [-0.4, -0.2) is 35.5 Å². The van der Waals surface area contributed by atoms with E-state index in [9.17, 15) is 9.59 Å². The van der Waals surface area contributed by atoms with E-state index in [4.69, 9.17) is 9.84 Å². The van der Waals surface area contributed by atoms with E-state index in [0.29, 0.717) is 19.5 Å². The molecular formula is C21H23NO4. The van der Waals surface area contributed by atoms with Crippen LogP contribution in [0.4, 0.5) is 0 Å². The van der Waals surface area contributed by atoms with E-state index >= 15 is 0 Å². The monoisotopic (exact) mass is 353 g/mol. The second-order valence-corrected chi connectivity index (χ2v) is 6.74. The molecule has 1 heterocycles. The Hall–Kier alpha value is -2.82. The number of fused-ring (bicyclic) bond motifs is 1. The van der Waals surface area contributed by atoms with Crippen molar-refractivity contribution >= 4 is 11.9 Å². The maximum absolute atomic E-state index is 12.7. The standard InChI is InChI=1S/C21H23NO4/c1-14(16-4-3-5-19(12-16)26-2)10-20(23)22-9-8-15-6-7-17(21(24)25)11-18(15)13-22/h3-7,11-12,14H,8-10,13H2,1-2H3,(H,24,25). The number of hydrogen-bond acceptors (Lipinski definition) is 3. The van der Waals surface area contributed by atoms with Gasteiger partial charge in [-0.05, 0) is 53.3 Å². The average molecular weight is 353 g/mol. The van der Waals surface area contributed by atoms with E-state index in [-0.39, 0.29) is 17.4 Å². The molecular weight excluding hydrogens is 330 g/mol.